The summed E-state index contributed by atoms with van der Waals surface area (Å²) < 4.78 is 0. The highest BCUT2D eigenvalue weighted by Gasteiger charge is 2.28. The van der Waals surface area contributed by atoms with Crippen LogP contribution >= 0.6 is 0 Å². The summed E-state index contributed by atoms with van der Waals surface area (Å²) in [6.07, 6.45) is 1.89. The number of nitrogens with two attached hydrogens (primary N) is 1. The second kappa shape index (κ2) is 6.02. The number of ketones is 1. The highest BCUT2D eigenvalue weighted by molar-refractivity contribution is 6.02. The maximum atomic E-state index is 12.6. The number of nitrogens with one attached hydrogen (secondary N) is 1. The third-order valence-electron chi connectivity index (χ3n) is 4.57. The van der Waals surface area contributed by atoms with Gasteiger partial charge in [-0.05, 0) is 52.0 Å². The number of Topliss-reactive ketones (excluding diaryl/α,β-unsaturated/α-hetero) is 1. The number of aryl methyl sites for hydroxylation is 1. The van der Waals surface area contributed by atoms with E-state index in [4.69, 9.17) is 5.73 Å². The third kappa shape index (κ3) is 3.02. The van der Waals surface area contributed by atoms with Crippen LogP contribution in [0.4, 0.5) is 0 Å². The minimum absolute atomic E-state index is 0.00374. The van der Waals surface area contributed by atoms with Gasteiger partial charge in [0, 0.05) is 30.4 Å². The Morgan fingerprint density at radius 3 is 2.29 bits per heavy atom. The van der Waals surface area contributed by atoms with Crippen molar-refractivity contribution in [3.8, 4) is 0 Å². The van der Waals surface area contributed by atoms with Crippen molar-refractivity contribution in [1.82, 2.24) is 9.88 Å². The zero-order chi connectivity index (χ0) is 15.7. The molecule has 1 amide bonds. The Morgan fingerprint density at radius 1 is 1.29 bits per heavy atom. The van der Waals surface area contributed by atoms with E-state index < -0.39 is 0 Å². The fourth-order valence-corrected chi connectivity index (χ4v) is 3.28. The topological polar surface area (TPSA) is 79.2 Å². The summed E-state index contributed by atoms with van der Waals surface area (Å²) in [7, 11) is 0. The number of piperidine rings is 1. The van der Waals surface area contributed by atoms with E-state index in [9.17, 15) is 9.59 Å². The first kappa shape index (κ1) is 15.8. The van der Waals surface area contributed by atoms with Gasteiger partial charge in [0.25, 0.3) is 5.91 Å². The molecule has 2 rings (SSSR count). The van der Waals surface area contributed by atoms with Gasteiger partial charge in [-0.3, -0.25) is 9.59 Å². The summed E-state index contributed by atoms with van der Waals surface area (Å²) in [5, 5.41) is 0. The molecule has 21 heavy (non-hydrogen) atoms. The van der Waals surface area contributed by atoms with Crippen LogP contribution in [0.3, 0.4) is 0 Å². The van der Waals surface area contributed by atoms with E-state index in [1.807, 2.05) is 25.7 Å². The van der Waals surface area contributed by atoms with Crippen molar-refractivity contribution in [2.45, 2.75) is 46.6 Å². The predicted octanol–water partition coefficient (Wildman–Crippen LogP) is 2.03. The zero-order valence-corrected chi connectivity index (χ0v) is 13.3. The van der Waals surface area contributed by atoms with Crippen LogP contribution in [-0.2, 0) is 0 Å². The second-order valence-corrected chi connectivity index (χ2v) is 6.17. The lowest BCUT2D eigenvalue weighted by molar-refractivity contribution is 0.0675. The molecule has 1 aliphatic rings. The Hall–Kier alpha value is -1.62. The molecule has 116 valence electrons. The number of likely N-dealkylation sites (tertiary alicyclic amines) is 1. The Labute approximate surface area is 125 Å². The fourth-order valence-electron chi connectivity index (χ4n) is 3.28. The van der Waals surface area contributed by atoms with E-state index in [1.165, 1.54) is 6.92 Å². The van der Waals surface area contributed by atoms with Gasteiger partial charge in [0.1, 0.15) is 5.69 Å². The van der Waals surface area contributed by atoms with E-state index in [0.717, 1.165) is 37.2 Å². The SMILES string of the molecule is CC(=O)c1c(C)[nH]c(C(=O)N2CCC(C(C)N)CC2)c1C. The molecule has 1 unspecified atom stereocenters. The Kier molecular flexibility index (Phi) is 4.52. The van der Waals surface area contributed by atoms with Crippen LogP contribution in [0.25, 0.3) is 0 Å². The molecule has 0 aliphatic carbocycles. The van der Waals surface area contributed by atoms with Crippen molar-refractivity contribution in [2.24, 2.45) is 11.7 Å². The molecule has 2 heterocycles. The number of carbonyl (C=O) groups is 2. The molecule has 5 heteroatoms. The molecule has 0 radical (unpaired) electrons. The summed E-state index contributed by atoms with van der Waals surface area (Å²) in [6, 6.07) is 0.182. The largest absolute Gasteiger partial charge is 0.354 e. The molecule has 5 nitrogen and oxygen atoms in total. The van der Waals surface area contributed by atoms with Gasteiger partial charge in [-0.15, -0.1) is 0 Å². The summed E-state index contributed by atoms with van der Waals surface area (Å²) in [6.45, 7) is 8.70. The van der Waals surface area contributed by atoms with Crippen LogP contribution in [0.1, 0.15) is 58.8 Å². The summed E-state index contributed by atoms with van der Waals surface area (Å²) in [5.74, 6) is 0.482. The standard InChI is InChI=1S/C16H25N3O2/c1-9-14(12(4)20)11(3)18-15(9)16(21)19-7-5-13(6-8-19)10(2)17/h10,13,18H,5-8,17H2,1-4H3. The molecule has 1 aromatic heterocycles. The maximum Gasteiger partial charge on any atom is 0.270 e. The number of nitrogens with zero attached hydrogens (tertiary/aromatic N) is 1. The first-order valence-corrected chi connectivity index (χ1v) is 7.57. The van der Waals surface area contributed by atoms with Crippen LogP contribution < -0.4 is 5.73 Å². The van der Waals surface area contributed by atoms with Gasteiger partial charge >= 0.3 is 0 Å². The first-order chi connectivity index (χ1) is 9.82. The van der Waals surface area contributed by atoms with Crippen molar-refractivity contribution in [3.63, 3.8) is 0 Å². The highest BCUT2D eigenvalue weighted by Crippen LogP contribution is 2.24. The van der Waals surface area contributed by atoms with Crippen LogP contribution in [0.15, 0.2) is 0 Å². The van der Waals surface area contributed by atoms with Crippen molar-refractivity contribution in [3.05, 3.63) is 22.5 Å². The smallest absolute Gasteiger partial charge is 0.270 e. The van der Waals surface area contributed by atoms with E-state index in [-0.39, 0.29) is 17.7 Å². The maximum absolute atomic E-state index is 12.6. The third-order valence-corrected chi connectivity index (χ3v) is 4.57. The normalized spacial score (nSPS) is 17.9. The van der Waals surface area contributed by atoms with Gasteiger partial charge in [0.2, 0.25) is 0 Å². The van der Waals surface area contributed by atoms with E-state index >= 15 is 0 Å². The molecule has 1 fully saturated rings. The van der Waals surface area contributed by atoms with Gasteiger partial charge in [-0.25, -0.2) is 0 Å². The summed E-state index contributed by atoms with van der Waals surface area (Å²) in [5.41, 5.74) is 8.66. The van der Waals surface area contributed by atoms with Gasteiger partial charge < -0.3 is 15.6 Å². The van der Waals surface area contributed by atoms with E-state index in [0.29, 0.717) is 17.2 Å². The Morgan fingerprint density at radius 2 is 1.86 bits per heavy atom. The average Bonchev–Trinajstić information content (AvgIpc) is 2.73. The van der Waals surface area contributed by atoms with Gasteiger partial charge in [0.15, 0.2) is 5.78 Å². The van der Waals surface area contributed by atoms with Gasteiger partial charge in [-0.2, -0.15) is 0 Å². The number of aromatic amines is 1. The van der Waals surface area contributed by atoms with Crippen LogP contribution in [0.2, 0.25) is 0 Å². The minimum atomic E-state index is -0.00813. The molecule has 0 aromatic carbocycles. The number of aromatic nitrogens is 1. The predicted molar refractivity (Wildman–Crippen MR) is 82.5 cm³/mol. The molecule has 3 N–H and O–H groups in total. The van der Waals surface area contributed by atoms with Crippen molar-refractivity contribution in [1.29, 1.82) is 0 Å². The average molecular weight is 291 g/mol. The molecule has 0 saturated carbocycles. The number of hydrogen-bond donors (Lipinski definition) is 2. The molecule has 1 saturated heterocycles. The van der Waals surface area contributed by atoms with E-state index in [2.05, 4.69) is 4.98 Å². The number of amides is 1. The number of carbonyl (C=O) groups excluding carboxylic acids is 2. The number of hydrogen-bond acceptors (Lipinski definition) is 3. The minimum Gasteiger partial charge on any atom is -0.354 e. The van der Waals surface area contributed by atoms with Crippen molar-refractivity contribution < 1.29 is 9.59 Å². The van der Waals surface area contributed by atoms with Crippen molar-refractivity contribution in [2.75, 3.05) is 13.1 Å². The molecule has 1 aromatic rings. The summed E-state index contributed by atoms with van der Waals surface area (Å²) >= 11 is 0. The number of rotatable bonds is 3. The molecule has 1 atom stereocenters. The Bertz CT molecular complexity index is 552. The van der Waals surface area contributed by atoms with Gasteiger partial charge in [-0.1, -0.05) is 0 Å². The quantitative estimate of drug-likeness (QED) is 0.836. The van der Waals surface area contributed by atoms with Crippen LogP contribution in [0.5, 0.6) is 0 Å². The monoisotopic (exact) mass is 291 g/mol. The van der Waals surface area contributed by atoms with Gasteiger partial charge in [0.05, 0.1) is 0 Å². The van der Waals surface area contributed by atoms with E-state index in [1.54, 1.807) is 0 Å². The molecule has 0 spiro atoms. The summed E-state index contributed by atoms with van der Waals surface area (Å²) in [4.78, 5) is 29.2. The highest BCUT2D eigenvalue weighted by atomic mass is 16.2. The lowest BCUT2D eigenvalue weighted by atomic mass is 9.91. The molecule has 1 aliphatic heterocycles. The van der Waals surface area contributed by atoms with Crippen LogP contribution in [0, 0.1) is 19.8 Å². The molecular formula is C16H25N3O2. The second-order valence-electron chi connectivity index (χ2n) is 6.17. The lowest BCUT2D eigenvalue weighted by Gasteiger charge is -2.33. The van der Waals surface area contributed by atoms with Crippen molar-refractivity contribution >= 4 is 11.7 Å². The Balaban J connectivity index is 2.15. The fraction of sp³-hybridized carbons (Fsp3) is 0.625. The number of H-pyrrole nitrogens is 1. The van der Waals surface area contributed by atoms with Crippen LogP contribution in [-0.4, -0.2) is 40.7 Å². The lowest BCUT2D eigenvalue weighted by Crippen LogP contribution is -2.42. The zero-order valence-electron chi connectivity index (χ0n) is 13.3. The first-order valence-electron chi connectivity index (χ1n) is 7.57. The molecule has 0 bridgehead atoms. The molecular weight excluding hydrogens is 266 g/mol.